The van der Waals surface area contributed by atoms with Crippen LogP contribution in [0.3, 0.4) is 0 Å². The summed E-state index contributed by atoms with van der Waals surface area (Å²) >= 11 is 6.09. The van der Waals surface area contributed by atoms with Crippen LogP contribution in [0.2, 0.25) is 5.02 Å². The Morgan fingerprint density at radius 1 is 1.10 bits per heavy atom. The van der Waals surface area contributed by atoms with Gasteiger partial charge in [-0.15, -0.1) is 0 Å². The molecule has 6 heteroatoms. The van der Waals surface area contributed by atoms with E-state index in [4.69, 9.17) is 11.6 Å². The lowest BCUT2D eigenvalue weighted by Crippen LogP contribution is -2.55. The number of piperidine rings is 1. The van der Waals surface area contributed by atoms with Gasteiger partial charge in [-0.05, 0) is 37.6 Å². The van der Waals surface area contributed by atoms with Crippen LogP contribution in [0.1, 0.15) is 24.8 Å². The SMILES string of the molecule is FC(F)(F)c1ccc(N2CCN3CCCCC3C2)c(Cl)c1. The van der Waals surface area contributed by atoms with E-state index in [9.17, 15) is 13.2 Å². The highest BCUT2D eigenvalue weighted by Gasteiger charge is 2.33. The van der Waals surface area contributed by atoms with E-state index in [1.807, 2.05) is 0 Å². The molecular formula is C15H18ClF3N2. The summed E-state index contributed by atoms with van der Waals surface area (Å²) in [5, 5.41) is 0.189. The van der Waals surface area contributed by atoms with Crippen molar-refractivity contribution >= 4 is 17.3 Å². The van der Waals surface area contributed by atoms with Crippen LogP contribution in [0.25, 0.3) is 0 Å². The fourth-order valence-corrected chi connectivity index (χ4v) is 3.61. The Balaban J connectivity index is 1.78. The van der Waals surface area contributed by atoms with Gasteiger partial charge in [0, 0.05) is 25.7 Å². The van der Waals surface area contributed by atoms with Crippen molar-refractivity contribution in [3.8, 4) is 0 Å². The molecule has 0 aromatic heterocycles. The van der Waals surface area contributed by atoms with Gasteiger partial charge in [-0.25, -0.2) is 0 Å². The van der Waals surface area contributed by atoms with Gasteiger partial charge >= 0.3 is 6.18 Å². The first-order valence-electron chi connectivity index (χ1n) is 7.31. The lowest BCUT2D eigenvalue weighted by atomic mass is 9.99. The molecule has 2 fully saturated rings. The van der Waals surface area contributed by atoms with Crippen molar-refractivity contribution in [2.75, 3.05) is 31.1 Å². The molecular weight excluding hydrogens is 301 g/mol. The van der Waals surface area contributed by atoms with Crippen molar-refractivity contribution in [3.05, 3.63) is 28.8 Å². The number of hydrogen-bond donors (Lipinski definition) is 0. The third-order valence-electron chi connectivity index (χ3n) is 4.45. The second kappa shape index (κ2) is 5.69. The molecule has 21 heavy (non-hydrogen) atoms. The minimum Gasteiger partial charge on any atom is -0.367 e. The van der Waals surface area contributed by atoms with Gasteiger partial charge in [-0.1, -0.05) is 18.0 Å². The molecule has 0 saturated carbocycles. The minimum absolute atomic E-state index is 0.189. The maximum atomic E-state index is 12.7. The van der Waals surface area contributed by atoms with Gasteiger partial charge in [0.1, 0.15) is 0 Å². The molecule has 0 radical (unpaired) electrons. The van der Waals surface area contributed by atoms with Gasteiger partial charge in [-0.2, -0.15) is 13.2 Å². The Labute approximate surface area is 127 Å². The molecule has 2 nitrogen and oxygen atoms in total. The van der Waals surface area contributed by atoms with Gasteiger partial charge in [0.2, 0.25) is 0 Å². The minimum atomic E-state index is -4.34. The molecule has 0 amide bonds. The molecule has 1 unspecified atom stereocenters. The molecule has 1 atom stereocenters. The highest BCUT2D eigenvalue weighted by molar-refractivity contribution is 6.33. The molecule has 116 valence electrons. The van der Waals surface area contributed by atoms with Gasteiger partial charge < -0.3 is 4.90 Å². The third kappa shape index (κ3) is 3.14. The summed E-state index contributed by atoms with van der Waals surface area (Å²) in [5.74, 6) is 0. The number of alkyl halides is 3. The predicted molar refractivity (Wildman–Crippen MR) is 77.9 cm³/mol. The maximum absolute atomic E-state index is 12.7. The smallest absolute Gasteiger partial charge is 0.367 e. The molecule has 0 N–H and O–H groups in total. The van der Waals surface area contributed by atoms with E-state index in [0.29, 0.717) is 6.04 Å². The normalized spacial score (nSPS) is 24.0. The van der Waals surface area contributed by atoms with E-state index >= 15 is 0 Å². The summed E-state index contributed by atoms with van der Waals surface area (Å²) < 4.78 is 38.1. The van der Waals surface area contributed by atoms with Crippen LogP contribution in [0.5, 0.6) is 0 Å². The zero-order valence-corrected chi connectivity index (χ0v) is 12.4. The number of anilines is 1. The van der Waals surface area contributed by atoms with Crippen molar-refractivity contribution in [1.82, 2.24) is 4.90 Å². The second-order valence-electron chi connectivity index (χ2n) is 5.80. The Morgan fingerprint density at radius 3 is 2.62 bits per heavy atom. The molecule has 0 spiro atoms. The zero-order chi connectivity index (χ0) is 15.0. The van der Waals surface area contributed by atoms with Crippen LogP contribution in [-0.2, 0) is 6.18 Å². The first kappa shape index (κ1) is 15.0. The lowest BCUT2D eigenvalue weighted by Gasteiger charge is -2.45. The van der Waals surface area contributed by atoms with Crippen LogP contribution >= 0.6 is 11.6 Å². The highest BCUT2D eigenvalue weighted by atomic mass is 35.5. The van der Waals surface area contributed by atoms with Crippen molar-refractivity contribution in [3.63, 3.8) is 0 Å². The summed E-state index contributed by atoms with van der Waals surface area (Å²) in [7, 11) is 0. The largest absolute Gasteiger partial charge is 0.416 e. The zero-order valence-electron chi connectivity index (χ0n) is 11.7. The first-order chi connectivity index (χ1) is 9.95. The summed E-state index contributed by atoms with van der Waals surface area (Å²) in [5.41, 5.74) is 0.0300. The molecule has 2 heterocycles. The van der Waals surface area contributed by atoms with Crippen molar-refractivity contribution < 1.29 is 13.2 Å². The van der Waals surface area contributed by atoms with Crippen LogP contribution < -0.4 is 4.90 Å². The van der Waals surface area contributed by atoms with Gasteiger partial charge in [0.05, 0.1) is 16.3 Å². The van der Waals surface area contributed by atoms with E-state index < -0.39 is 11.7 Å². The number of nitrogens with zero attached hydrogens (tertiary/aromatic N) is 2. The van der Waals surface area contributed by atoms with E-state index in [1.165, 1.54) is 18.9 Å². The Kier molecular flexibility index (Phi) is 4.06. The average molecular weight is 319 g/mol. The Bertz CT molecular complexity index is 518. The molecule has 1 aromatic carbocycles. The average Bonchev–Trinajstić information content (AvgIpc) is 2.45. The number of halogens is 4. The second-order valence-corrected chi connectivity index (χ2v) is 6.20. The molecule has 2 saturated heterocycles. The van der Waals surface area contributed by atoms with Gasteiger partial charge in [-0.3, -0.25) is 4.90 Å². The van der Waals surface area contributed by atoms with Crippen molar-refractivity contribution in [2.24, 2.45) is 0 Å². The lowest BCUT2D eigenvalue weighted by molar-refractivity contribution is -0.137. The van der Waals surface area contributed by atoms with Crippen molar-refractivity contribution in [1.29, 1.82) is 0 Å². The fraction of sp³-hybridized carbons (Fsp3) is 0.600. The number of fused-ring (bicyclic) bond motifs is 1. The Morgan fingerprint density at radius 2 is 1.90 bits per heavy atom. The quantitative estimate of drug-likeness (QED) is 0.771. The fourth-order valence-electron chi connectivity index (χ4n) is 3.31. The summed E-state index contributed by atoms with van der Waals surface area (Å²) in [6.45, 7) is 3.77. The van der Waals surface area contributed by atoms with Crippen LogP contribution in [0.4, 0.5) is 18.9 Å². The van der Waals surface area contributed by atoms with Gasteiger partial charge in [0.15, 0.2) is 0 Å². The Hall–Kier alpha value is -0.940. The van der Waals surface area contributed by atoms with Crippen molar-refractivity contribution in [2.45, 2.75) is 31.5 Å². The summed E-state index contributed by atoms with van der Waals surface area (Å²) in [6, 6.07) is 4.16. The molecule has 2 aliphatic heterocycles. The number of benzene rings is 1. The van der Waals surface area contributed by atoms with E-state index in [-0.39, 0.29) is 5.02 Å². The predicted octanol–water partition coefficient (Wildman–Crippen LogP) is 4.03. The molecule has 0 aliphatic carbocycles. The molecule has 3 rings (SSSR count). The molecule has 1 aromatic rings. The van der Waals surface area contributed by atoms with E-state index in [0.717, 1.165) is 50.4 Å². The number of piperazine rings is 1. The van der Waals surface area contributed by atoms with Crippen LogP contribution in [-0.4, -0.2) is 37.1 Å². The van der Waals surface area contributed by atoms with Crippen LogP contribution in [0.15, 0.2) is 18.2 Å². The monoisotopic (exact) mass is 318 g/mol. The van der Waals surface area contributed by atoms with E-state index in [2.05, 4.69) is 9.80 Å². The van der Waals surface area contributed by atoms with Crippen LogP contribution in [0, 0.1) is 0 Å². The summed E-state index contributed by atoms with van der Waals surface area (Å²) in [6.07, 6.45) is -0.702. The summed E-state index contributed by atoms with van der Waals surface area (Å²) in [4.78, 5) is 4.60. The first-order valence-corrected chi connectivity index (χ1v) is 7.69. The maximum Gasteiger partial charge on any atom is 0.416 e. The van der Waals surface area contributed by atoms with E-state index in [1.54, 1.807) is 0 Å². The van der Waals surface area contributed by atoms with Gasteiger partial charge in [0.25, 0.3) is 0 Å². The third-order valence-corrected chi connectivity index (χ3v) is 4.76. The highest BCUT2D eigenvalue weighted by Crippen LogP contribution is 2.36. The number of hydrogen-bond acceptors (Lipinski definition) is 2. The standard InChI is InChI=1S/C15H18ClF3N2/c16-13-9-11(15(17,18)19)4-5-14(13)21-8-7-20-6-2-1-3-12(20)10-21/h4-5,9,12H,1-3,6-8,10H2. The molecule has 2 aliphatic rings. The topological polar surface area (TPSA) is 6.48 Å². The molecule has 0 bridgehead atoms. The number of rotatable bonds is 1.